The Morgan fingerprint density at radius 2 is 1.88 bits per heavy atom. The zero-order valence-electron chi connectivity index (χ0n) is 22.8. The van der Waals surface area contributed by atoms with Crippen LogP contribution in [-0.4, -0.2) is 70.5 Å². The van der Waals surface area contributed by atoms with E-state index in [4.69, 9.17) is 0 Å². The van der Waals surface area contributed by atoms with Gasteiger partial charge in [0.2, 0.25) is 12.4 Å². The van der Waals surface area contributed by atoms with Crippen molar-refractivity contribution in [2.24, 2.45) is 10.4 Å². The van der Waals surface area contributed by atoms with E-state index in [2.05, 4.69) is 31.0 Å². The van der Waals surface area contributed by atoms with Crippen LogP contribution in [0, 0.1) is 11.6 Å². The van der Waals surface area contributed by atoms with Gasteiger partial charge in [-0.05, 0) is 73.6 Å². The van der Waals surface area contributed by atoms with Crippen molar-refractivity contribution in [2.75, 3.05) is 36.3 Å². The number of halogens is 4. The number of hydrogen-bond donors (Lipinski definition) is 2. The van der Waals surface area contributed by atoms with Crippen LogP contribution in [0.2, 0.25) is 0 Å². The third-order valence-electron chi connectivity index (χ3n) is 7.74. The Bertz CT molecular complexity index is 1300. The fraction of sp³-hybridized carbons (Fsp3) is 0.577. The number of carbonyl (C=O) groups is 1. The summed E-state index contributed by atoms with van der Waals surface area (Å²) in [4.78, 5) is 20.9. The lowest BCUT2D eigenvalue weighted by Crippen LogP contribution is -2.55. The number of fused-ring (bicyclic) bond motifs is 1. The van der Waals surface area contributed by atoms with E-state index in [1.54, 1.807) is 13.1 Å². The van der Waals surface area contributed by atoms with Gasteiger partial charge in [-0.3, -0.25) is 9.69 Å². The van der Waals surface area contributed by atoms with E-state index in [1.165, 1.54) is 18.1 Å². The SMILES string of the molecule is CN(C=O)/N=N\N(C)c1cc(Nc2ncc(F)c(NC3CC4CC(F)(F)CN4C(C)(C)C3)n2)c(F)cc1C1CC1. The molecule has 14 heteroatoms. The first kappa shape index (κ1) is 28.0. The second-order valence-electron chi connectivity index (χ2n) is 11.5. The molecule has 0 bridgehead atoms. The second-order valence-corrected chi connectivity index (χ2v) is 11.5. The molecule has 1 aliphatic carbocycles. The number of carbonyl (C=O) groups excluding carboxylic acids is 1. The molecule has 0 spiro atoms. The summed E-state index contributed by atoms with van der Waals surface area (Å²) in [5.41, 5.74) is 0.882. The Labute approximate surface area is 229 Å². The average molecular weight is 564 g/mol. The van der Waals surface area contributed by atoms with Crippen molar-refractivity contribution in [3.8, 4) is 0 Å². The molecule has 0 radical (unpaired) electrons. The van der Waals surface area contributed by atoms with Crippen molar-refractivity contribution in [1.29, 1.82) is 0 Å². The van der Waals surface area contributed by atoms with Crippen LogP contribution in [0.4, 0.5) is 40.7 Å². The molecule has 40 heavy (non-hydrogen) atoms. The van der Waals surface area contributed by atoms with Crippen LogP contribution in [-0.2, 0) is 4.79 Å². The van der Waals surface area contributed by atoms with E-state index in [0.29, 0.717) is 24.9 Å². The van der Waals surface area contributed by atoms with E-state index in [9.17, 15) is 18.0 Å². The largest absolute Gasteiger partial charge is 0.365 e. The predicted octanol–water partition coefficient (Wildman–Crippen LogP) is 5.24. The molecule has 1 amide bonds. The number of anilines is 4. The third kappa shape index (κ3) is 5.96. The van der Waals surface area contributed by atoms with E-state index in [-0.39, 0.29) is 48.4 Å². The number of rotatable bonds is 9. The molecular weight excluding hydrogens is 530 g/mol. The van der Waals surface area contributed by atoms with Gasteiger partial charge in [-0.15, -0.1) is 0 Å². The van der Waals surface area contributed by atoms with Gasteiger partial charge in [0.1, 0.15) is 5.82 Å². The second kappa shape index (κ2) is 10.5. The molecular formula is C26H33F4N9O. The summed E-state index contributed by atoms with van der Waals surface area (Å²) in [6.07, 6.45) is 4.03. The summed E-state index contributed by atoms with van der Waals surface area (Å²) in [7, 11) is 3.07. The zero-order chi connectivity index (χ0) is 28.8. The molecule has 3 fully saturated rings. The third-order valence-corrected chi connectivity index (χ3v) is 7.74. The van der Waals surface area contributed by atoms with Crippen LogP contribution in [0.15, 0.2) is 28.8 Å². The number of hydrogen-bond acceptors (Lipinski definition) is 8. The zero-order valence-corrected chi connectivity index (χ0v) is 22.8. The molecule has 1 saturated carbocycles. The first-order chi connectivity index (χ1) is 18.8. The van der Waals surface area contributed by atoms with Gasteiger partial charge >= 0.3 is 0 Å². The summed E-state index contributed by atoms with van der Waals surface area (Å²) in [5, 5.41) is 16.1. The summed E-state index contributed by atoms with van der Waals surface area (Å²) >= 11 is 0. The quantitative estimate of drug-likeness (QED) is 0.186. The molecule has 3 heterocycles. The summed E-state index contributed by atoms with van der Waals surface area (Å²) in [5.74, 6) is -3.93. The fourth-order valence-corrected chi connectivity index (χ4v) is 5.77. The van der Waals surface area contributed by atoms with Crippen LogP contribution in [0.1, 0.15) is 57.4 Å². The maximum Gasteiger partial charge on any atom is 0.262 e. The number of nitrogens with one attached hydrogen (secondary N) is 2. The fourth-order valence-electron chi connectivity index (χ4n) is 5.77. The normalized spacial score (nSPS) is 23.6. The maximum atomic E-state index is 15.2. The van der Waals surface area contributed by atoms with Crippen molar-refractivity contribution in [2.45, 2.75) is 75.4 Å². The Morgan fingerprint density at radius 3 is 2.58 bits per heavy atom. The molecule has 2 atom stereocenters. The van der Waals surface area contributed by atoms with Gasteiger partial charge in [-0.1, -0.05) is 0 Å². The Hall–Kier alpha value is -3.55. The van der Waals surface area contributed by atoms with Crippen LogP contribution >= 0.6 is 0 Å². The lowest BCUT2D eigenvalue weighted by molar-refractivity contribution is -0.117. The Kier molecular flexibility index (Phi) is 7.31. The topological polar surface area (TPSA) is 101 Å². The minimum atomic E-state index is -2.74. The predicted molar refractivity (Wildman–Crippen MR) is 142 cm³/mol. The van der Waals surface area contributed by atoms with Crippen molar-refractivity contribution in [1.82, 2.24) is 19.9 Å². The molecule has 2 aromatic rings. The standard InChI is InChI=1S/C26H33F4N9O/c1-25(2)10-16(7-17-11-26(29,30)13-39(17)25)32-23-20(28)12-31-24(34-23)33-21-9-22(38(4)36-35-37(3)14-40)18(8-19(21)27)15-5-6-15/h8-9,12,14-17H,5-7,10-11,13H2,1-4H3,(H2,31,32,33,34)/b36-35-. The minimum absolute atomic E-state index is 0.0398. The lowest BCUT2D eigenvalue weighted by Gasteiger charge is -2.47. The van der Waals surface area contributed by atoms with Crippen molar-refractivity contribution < 1.29 is 22.4 Å². The van der Waals surface area contributed by atoms with Crippen molar-refractivity contribution in [3.05, 3.63) is 35.5 Å². The van der Waals surface area contributed by atoms with Gasteiger partial charge < -0.3 is 10.6 Å². The van der Waals surface area contributed by atoms with Gasteiger partial charge in [-0.2, -0.15) is 4.98 Å². The molecule has 2 N–H and O–H groups in total. The smallest absolute Gasteiger partial charge is 0.262 e. The van der Waals surface area contributed by atoms with Gasteiger partial charge in [0.05, 0.1) is 24.1 Å². The van der Waals surface area contributed by atoms with Crippen LogP contribution < -0.4 is 15.6 Å². The van der Waals surface area contributed by atoms with Crippen LogP contribution in [0.3, 0.4) is 0 Å². The van der Waals surface area contributed by atoms with E-state index in [1.807, 2.05) is 18.7 Å². The Morgan fingerprint density at radius 1 is 1.12 bits per heavy atom. The number of benzene rings is 1. The highest BCUT2D eigenvalue weighted by Gasteiger charge is 2.53. The number of aromatic nitrogens is 2. The van der Waals surface area contributed by atoms with Crippen molar-refractivity contribution in [3.63, 3.8) is 0 Å². The summed E-state index contributed by atoms with van der Waals surface area (Å²) < 4.78 is 58.2. The highest BCUT2D eigenvalue weighted by Crippen LogP contribution is 2.46. The Balaban J connectivity index is 1.36. The number of nitrogens with zero attached hydrogens (tertiary/aromatic N) is 7. The molecule has 2 aliphatic heterocycles. The molecule has 10 nitrogen and oxygen atoms in total. The first-order valence-corrected chi connectivity index (χ1v) is 13.2. The highest BCUT2D eigenvalue weighted by atomic mass is 19.3. The maximum absolute atomic E-state index is 15.2. The molecule has 2 saturated heterocycles. The van der Waals surface area contributed by atoms with Gasteiger partial charge in [-0.25, -0.2) is 32.6 Å². The van der Waals surface area contributed by atoms with E-state index < -0.39 is 23.1 Å². The highest BCUT2D eigenvalue weighted by molar-refractivity contribution is 5.67. The minimum Gasteiger partial charge on any atom is -0.365 e. The van der Waals surface area contributed by atoms with Gasteiger partial charge in [0.25, 0.3) is 5.92 Å². The van der Waals surface area contributed by atoms with Crippen LogP contribution in [0.25, 0.3) is 0 Å². The number of amides is 1. The van der Waals surface area contributed by atoms with E-state index in [0.717, 1.165) is 29.6 Å². The molecule has 1 aromatic carbocycles. The summed E-state index contributed by atoms with van der Waals surface area (Å²) in [6, 6.07) is 2.35. The lowest BCUT2D eigenvalue weighted by atomic mass is 9.84. The monoisotopic (exact) mass is 563 g/mol. The van der Waals surface area contributed by atoms with Crippen molar-refractivity contribution >= 4 is 29.6 Å². The first-order valence-electron chi connectivity index (χ1n) is 13.2. The van der Waals surface area contributed by atoms with Gasteiger partial charge in [0, 0.05) is 38.1 Å². The summed E-state index contributed by atoms with van der Waals surface area (Å²) in [6.45, 7) is 3.56. The average Bonchev–Trinajstić information content (AvgIpc) is 3.67. The molecule has 1 aromatic heterocycles. The molecule has 3 aliphatic rings. The van der Waals surface area contributed by atoms with Crippen LogP contribution in [0.5, 0.6) is 0 Å². The van der Waals surface area contributed by atoms with E-state index >= 15 is 4.39 Å². The molecule has 2 unspecified atom stereocenters. The number of alkyl halides is 2. The molecule has 5 rings (SSSR count). The number of piperidine rings is 1. The molecule has 216 valence electrons. The van der Waals surface area contributed by atoms with Gasteiger partial charge in [0.15, 0.2) is 11.6 Å².